The van der Waals surface area contributed by atoms with Crippen LogP contribution in [0, 0.1) is 5.92 Å². The molecular weight excluding hydrogens is 356 g/mol. The highest BCUT2D eigenvalue weighted by atomic mass is 16.4. The maximum Gasteiger partial charge on any atom is 0.287 e. The predicted molar refractivity (Wildman–Crippen MR) is 108 cm³/mol. The molecule has 0 aliphatic carbocycles. The Bertz CT molecular complexity index is 666. The predicted octanol–water partition coefficient (Wildman–Crippen LogP) is 1.84. The lowest BCUT2D eigenvalue weighted by Crippen LogP contribution is -2.42. The van der Waals surface area contributed by atoms with E-state index in [9.17, 15) is 9.59 Å². The molecule has 7 heteroatoms. The highest BCUT2D eigenvalue weighted by Gasteiger charge is 2.31. The van der Waals surface area contributed by atoms with Crippen LogP contribution in [0.25, 0.3) is 0 Å². The van der Waals surface area contributed by atoms with Gasteiger partial charge in [0, 0.05) is 32.1 Å². The third-order valence-corrected chi connectivity index (χ3v) is 6.32. The number of amides is 2. The van der Waals surface area contributed by atoms with E-state index in [4.69, 9.17) is 4.42 Å². The Morgan fingerprint density at radius 3 is 2.57 bits per heavy atom. The van der Waals surface area contributed by atoms with Crippen LogP contribution in [0.4, 0.5) is 0 Å². The number of nitrogens with zero attached hydrogens (tertiary/aromatic N) is 2. The largest absolute Gasteiger partial charge is 0.455 e. The summed E-state index contributed by atoms with van der Waals surface area (Å²) in [6.45, 7) is 5.82. The van der Waals surface area contributed by atoms with E-state index in [2.05, 4.69) is 27.4 Å². The maximum atomic E-state index is 12.5. The van der Waals surface area contributed by atoms with Gasteiger partial charge in [-0.05, 0) is 63.9 Å². The summed E-state index contributed by atoms with van der Waals surface area (Å²) in [4.78, 5) is 28.7. The third-order valence-electron chi connectivity index (χ3n) is 6.32. The molecule has 2 fully saturated rings. The summed E-state index contributed by atoms with van der Waals surface area (Å²) in [5.41, 5.74) is 0. The summed E-state index contributed by atoms with van der Waals surface area (Å²) in [5.74, 6) is 1.93. The molecule has 2 N–H and O–H groups in total. The van der Waals surface area contributed by atoms with Gasteiger partial charge in [0.05, 0.1) is 6.54 Å². The molecule has 0 spiro atoms. The van der Waals surface area contributed by atoms with Gasteiger partial charge >= 0.3 is 0 Å². The van der Waals surface area contributed by atoms with Gasteiger partial charge in [-0.3, -0.25) is 19.4 Å². The number of hydrogen-bond acceptors (Lipinski definition) is 5. The summed E-state index contributed by atoms with van der Waals surface area (Å²) >= 11 is 0. The topological polar surface area (TPSA) is 77.8 Å². The van der Waals surface area contributed by atoms with E-state index in [1.165, 1.54) is 12.8 Å². The van der Waals surface area contributed by atoms with E-state index in [1.807, 2.05) is 13.1 Å². The Morgan fingerprint density at radius 1 is 1.14 bits per heavy atom. The lowest BCUT2D eigenvalue weighted by atomic mass is 9.99. The zero-order chi connectivity index (χ0) is 20.1. The number of nitrogens with one attached hydrogen (secondary N) is 2. The molecule has 0 bridgehead atoms. The van der Waals surface area contributed by atoms with Crippen molar-refractivity contribution in [2.75, 3.05) is 33.7 Å². The average Bonchev–Trinajstić information content (AvgIpc) is 3.29. The molecule has 2 atom stereocenters. The first-order valence-electron chi connectivity index (χ1n) is 10.5. The second kappa shape index (κ2) is 9.56. The van der Waals surface area contributed by atoms with Crippen molar-refractivity contribution in [2.24, 2.45) is 5.92 Å². The van der Waals surface area contributed by atoms with Crippen LogP contribution in [-0.4, -0.2) is 67.4 Å². The molecule has 2 aliphatic heterocycles. The Kier molecular flexibility index (Phi) is 7.13. The smallest absolute Gasteiger partial charge is 0.287 e. The summed E-state index contributed by atoms with van der Waals surface area (Å²) in [5, 5.41) is 5.67. The van der Waals surface area contributed by atoms with E-state index in [1.54, 1.807) is 13.1 Å². The van der Waals surface area contributed by atoms with Crippen LogP contribution >= 0.6 is 0 Å². The van der Waals surface area contributed by atoms with Crippen LogP contribution in [0.15, 0.2) is 16.5 Å². The monoisotopic (exact) mass is 390 g/mol. The zero-order valence-corrected chi connectivity index (χ0v) is 17.4. The molecule has 2 amide bonds. The molecule has 1 aromatic heterocycles. The first kappa shape index (κ1) is 20.9. The third kappa shape index (κ3) is 5.35. The van der Waals surface area contributed by atoms with Crippen molar-refractivity contribution in [3.8, 4) is 0 Å². The van der Waals surface area contributed by atoms with E-state index in [0.29, 0.717) is 18.7 Å². The molecule has 2 saturated heterocycles. The van der Waals surface area contributed by atoms with Crippen LogP contribution in [-0.2, 0) is 11.3 Å². The first-order valence-corrected chi connectivity index (χ1v) is 10.5. The molecule has 0 saturated carbocycles. The molecule has 3 rings (SSSR count). The van der Waals surface area contributed by atoms with Crippen LogP contribution in [0.2, 0.25) is 0 Å². The number of likely N-dealkylation sites (tertiary alicyclic amines) is 2. The van der Waals surface area contributed by atoms with Crippen LogP contribution in [0.5, 0.6) is 0 Å². The fourth-order valence-electron chi connectivity index (χ4n) is 4.22. The summed E-state index contributed by atoms with van der Waals surface area (Å²) in [6, 6.07) is 4.17. The molecule has 0 aromatic carbocycles. The fourth-order valence-corrected chi connectivity index (χ4v) is 4.22. The highest BCUT2D eigenvalue weighted by Crippen LogP contribution is 2.24. The van der Waals surface area contributed by atoms with Crippen molar-refractivity contribution in [3.05, 3.63) is 23.7 Å². The minimum absolute atomic E-state index is 0.0628. The zero-order valence-electron chi connectivity index (χ0n) is 17.4. The van der Waals surface area contributed by atoms with Gasteiger partial charge in [0.15, 0.2) is 5.76 Å². The van der Waals surface area contributed by atoms with E-state index in [0.717, 1.165) is 44.2 Å². The number of rotatable bonds is 7. The second-order valence-corrected chi connectivity index (χ2v) is 8.36. The summed E-state index contributed by atoms with van der Waals surface area (Å²) < 4.78 is 5.79. The van der Waals surface area contributed by atoms with Crippen LogP contribution < -0.4 is 10.6 Å². The van der Waals surface area contributed by atoms with Crippen molar-refractivity contribution >= 4 is 11.8 Å². The number of piperidine rings is 1. The Hall–Kier alpha value is -1.86. The van der Waals surface area contributed by atoms with Gasteiger partial charge < -0.3 is 15.1 Å². The molecule has 156 valence electrons. The maximum absolute atomic E-state index is 12.5. The minimum atomic E-state index is -0.165. The SMILES string of the molecule is CNC(=O)C[C@H]1CC[C@@H](CNC(=O)c2ccc(CN3CCC(C)CC3)o2)N1C. The Morgan fingerprint density at radius 2 is 1.86 bits per heavy atom. The molecule has 1 aromatic rings. The molecule has 7 nitrogen and oxygen atoms in total. The fraction of sp³-hybridized carbons (Fsp3) is 0.714. The van der Waals surface area contributed by atoms with Gasteiger partial charge in [-0.1, -0.05) is 6.92 Å². The van der Waals surface area contributed by atoms with Gasteiger partial charge in [0.25, 0.3) is 5.91 Å². The number of hydrogen-bond donors (Lipinski definition) is 2. The van der Waals surface area contributed by atoms with Crippen molar-refractivity contribution in [1.82, 2.24) is 20.4 Å². The van der Waals surface area contributed by atoms with Crippen LogP contribution in [0.1, 0.15) is 55.3 Å². The number of carbonyl (C=O) groups excluding carboxylic acids is 2. The molecular formula is C21H34N4O3. The number of likely N-dealkylation sites (N-methyl/N-ethyl adjacent to an activating group) is 1. The lowest BCUT2D eigenvalue weighted by Gasteiger charge is -2.29. The molecule has 28 heavy (non-hydrogen) atoms. The van der Waals surface area contributed by atoms with E-state index in [-0.39, 0.29) is 23.9 Å². The first-order chi connectivity index (χ1) is 13.5. The van der Waals surface area contributed by atoms with Crippen molar-refractivity contribution in [1.29, 1.82) is 0 Å². The second-order valence-electron chi connectivity index (χ2n) is 8.36. The Balaban J connectivity index is 1.44. The summed E-state index contributed by atoms with van der Waals surface area (Å²) in [7, 11) is 3.69. The molecule has 2 aliphatic rings. The van der Waals surface area contributed by atoms with Crippen molar-refractivity contribution in [2.45, 2.75) is 57.7 Å². The molecule has 0 unspecified atom stereocenters. The molecule has 3 heterocycles. The van der Waals surface area contributed by atoms with E-state index >= 15 is 0 Å². The number of carbonyl (C=O) groups is 2. The molecule has 0 radical (unpaired) electrons. The van der Waals surface area contributed by atoms with Gasteiger partial charge in [-0.2, -0.15) is 0 Å². The minimum Gasteiger partial charge on any atom is -0.455 e. The summed E-state index contributed by atoms with van der Waals surface area (Å²) in [6.07, 6.45) is 4.92. The van der Waals surface area contributed by atoms with Crippen LogP contribution in [0.3, 0.4) is 0 Å². The van der Waals surface area contributed by atoms with E-state index < -0.39 is 0 Å². The lowest BCUT2D eigenvalue weighted by molar-refractivity contribution is -0.121. The quantitative estimate of drug-likeness (QED) is 0.743. The van der Waals surface area contributed by atoms with Gasteiger partial charge in [0.2, 0.25) is 5.91 Å². The van der Waals surface area contributed by atoms with Gasteiger partial charge in [-0.25, -0.2) is 0 Å². The van der Waals surface area contributed by atoms with Crippen molar-refractivity contribution in [3.63, 3.8) is 0 Å². The van der Waals surface area contributed by atoms with Gasteiger partial charge in [-0.15, -0.1) is 0 Å². The normalized spacial score (nSPS) is 24.4. The number of furan rings is 1. The van der Waals surface area contributed by atoms with Gasteiger partial charge in [0.1, 0.15) is 5.76 Å². The average molecular weight is 391 g/mol. The Labute approximate surface area is 167 Å². The highest BCUT2D eigenvalue weighted by molar-refractivity contribution is 5.91. The van der Waals surface area contributed by atoms with Crippen molar-refractivity contribution < 1.29 is 14.0 Å². The standard InChI is InChI=1S/C21H34N4O3/c1-15-8-10-25(11-9-15)14-18-6-7-19(28-18)21(27)23-13-17-5-4-16(24(17)3)12-20(26)22-2/h6-7,15-17H,4-5,8-14H2,1-3H3,(H,22,26)(H,23,27)/t16-,17+/m1/s1.